The summed E-state index contributed by atoms with van der Waals surface area (Å²) in [5.41, 5.74) is 4.36. The van der Waals surface area contributed by atoms with E-state index in [0.717, 1.165) is 27.1 Å². The summed E-state index contributed by atoms with van der Waals surface area (Å²) in [5.74, 6) is 0.00602. The molecular formula is C23H22BrN7O2S2. The molecule has 12 heteroatoms. The summed E-state index contributed by atoms with van der Waals surface area (Å²) in [6, 6.07) is 15.9. The highest BCUT2D eigenvalue weighted by Crippen LogP contribution is 2.22. The number of hydrogen-bond acceptors (Lipinski definition) is 6. The van der Waals surface area contributed by atoms with Crippen molar-refractivity contribution in [3.63, 3.8) is 0 Å². The first kappa shape index (κ1) is 24.8. The quantitative estimate of drug-likeness (QED) is 0.273. The van der Waals surface area contributed by atoms with Crippen LogP contribution in [0.5, 0.6) is 0 Å². The van der Waals surface area contributed by atoms with Crippen molar-refractivity contribution < 1.29 is 8.42 Å². The molecule has 0 spiro atoms. The molecule has 0 unspecified atom stereocenters. The maximum Gasteiger partial charge on any atom is 0.264 e. The lowest BCUT2D eigenvalue weighted by Crippen LogP contribution is -2.20. The Morgan fingerprint density at radius 2 is 1.66 bits per heavy atom. The van der Waals surface area contributed by atoms with Crippen LogP contribution in [0.15, 0.2) is 76.4 Å². The topological polar surface area (TPSA) is 114 Å². The highest BCUT2D eigenvalue weighted by molar-refractivity contribution is 9.10. The minimum Gasteiger partial charge on any atom is -0.332 e. The minimum atomic E-state index is -3.81. The number of benzene rings is 2. The Bertz CT molecular complexity index is 1440. The zero-order chi connectivity index (χ0) is 25.0. The summed E-state index contributed by atoms with van der Waals surface area (Å²) in [6.07, 6.45) is 2.92. The summed E-state index contributed by atoms with van der Waals surface area (Å²) in [4.78, 5) is 7.84. The molecule has 0 bridgehead atoms. The molecule has 0 atom stereocenters. The van der Waals surface area contributed by atoms with Crippen LogP contribution in [0.2, 0.25) is 0 Å². The molecule has 9 nitrogen and oxygen atoms in total. The molecule has 0 aliphatic rings. The van der Waals surface area contributed by atoms with E-state index >= 15 is 0 Å². The van der Waals surface area contributed by atoms with Crippen LogP contribution < -0.4 is 15.4 Å². The first-order chi connectivity index (χ1) is 16.7. The fourth-order valence-corrected chi connectivity index (χ4v) is 4.76. The summed E-state index contributed by atoms with van der Waals surface area (Å²) in [7, 11) is -3.81. The summed E-state index contributed by atoms with van der Waals surface area (Å²) in [6.45, 7) is 4.53. The van der Waals surface area contributed by atoms with Gasteiger partial charge in [0.05, 0.1) is 28.5 Å². The maximum atomic E-state index is 12.5. The predicted molar refractivity (Wildman–Crippen MR) is 144 cm³/mol. The van der Waals surface area contributed by atoms with Gasteiger partial charge in [0.1, 0.15) is 0 Å². The Morgan fingerprint density at radius 1 is 1.00 bits per heavy atom. The van der Waals surface area contributed by atoms with Crippen LogP contribution >= 0.6 is 28.1 Å². The molecule has 0 aliphatic carbocycles. The fraction of sp³-hybridized carbons (Fsp3) is 0.130. The molecule has 2 aromatic heterocycles. The molecule has 0 fully saturated rings. The van der Waals surface area contributed by atoms with Gasteiger partial charge in [0.2, 0.25) is 5.95 Å². The van der Waals surface area contributed by atoms with Crippen LogP contribution in [0.25, 0.3) is 0 Å². The molecule has 0 radical (unpaired) electrons. The molecule has 4 rings (SSSR count). The Balaban J connectivity index is 1.40. The second-order valence-corrected chi connectivity index (χ2v) is 10.6. The zero-order valence-electron chi connectivity index (χ0n) is 18.9. The van der Waals surface area contributed by atoms with Gasteiger partial charge in [-0.2, -0.15) is 5.10 Å². The van der Waals surface area contributed by atoms with Gasteiger partial charge in [0.25, 0.3) is 10.0 Å². The van der Waals surface area contributed by atoms with Crippen LogP contribution in [0.3, 0.4) is 0 Å². The Hall–Kier alpha value is -3.35. The van der Waals surface area contributed by atoms with Crippen molar-refractivity contribution in [3.05, 3.63) is 88.4 Å². The fourth-order valence-electron chi connectivity index (χ4n) is 3.32. The van der Waals surface area contributed by atoms with E-state index in [1.807, 2.05) is 42.8 Å². The molecule has 0 saturated carbocycles. The van der Waals surface area contributed by atoms with Crippen molar-refractivity contribution in [2.75, 3.05) is 15.4 Å². The number of aromatic nitrogens is 4. The first-order valence-electron chi connectivity index (χ1n) is 10.5. The van der Waals surface area contributed by atoms with E-state index in [-0.39, 0.29) is 10.8 Å². The molecule has 2 aromatic carbocycles. The number of sulfonamides is 1. The first-order valence-corrected chi connectivity index (χ1v) is 13.2. The van der Waals surface area contributed by atoms with Crippen molar-refractivity contribution in [1.82, 2.24) is 19.7 Å². The number of anilines is 3. The van der Waals surface area contributed by atoms with E-state index in [1.54, 1.807) is 18.2 Å². The van der Waals surface area contributed by atoms with Crippen LogP contribution in [0.4, 0.5) is 17.3 Å². The lowest BCUT2D eigenvalue weighted by molar-refractivity contribution is 0.601. The van der Waals surface area contributed by atoms with E-state index in [9.17, 15) is 8.42 Å². The van der Waals surface area contributed by atoms with E-state index < -0.39 is 10.0 Å². The van der Waals surface area contributed by atoms with Crippen LogP contribution in [-0.2, 0) is 16.6 Å². The van der Waals surface area contributed by atoms with Gasteiger partial charge in [-0.3, -0.25) is 4.68 Å². The predicted octanol–water partition coefficient (Wildman–Crippen LogP) is 4.71. The smallest absolute Gasteiger partial charge is 0.264 e. The average Bonchev–Trinajstić information content (AvgIpc) is 3.08. The molecule has 0 saturated heterocycles. The molecule has 2 heterocycles. The van der Waals surface area contributed by atoms with Gasteiger partial charge in [-0.25, -0.2) is 23.1 Å². The van der Waals surface area contributed by atoms with Gasteiger partial charge in [-0.15, -0.1) is 0 Å². The van der Waals surface area contributed by atoms with E-state index in [2.05, 4.69) is 46.4 Å². The summed E-state index contributed by atoms with van der Waals surface area (Å²) < 4.78 is 30.4. The Morgan fingerprint density at radius 3 is 2.31 bits per heavy atom. The molecule has 3 N–H and O–H groups in total. The normalized spacial score (nSPS) is 11.2. The Labute approximate surface area is 217 Å². The monoisotopic (exact) mass is 571 g/mol. The maximum absolute atomic E-state index is 12.5. The van der Waals surface area contributed by atoms with E-state index in [0.29, 0.717) is 17.3 Å². The van der Waals surface area contributed by atoms with Crippen molar-refractivity contribution in [1.29, 1.82) is 0 Å². The minimum absolute atomic E-state index is 0.00602. The highest BCUT2D eigenvalue weighted by Gasteiger charge is 2.16. The van der Waals surface area contributed by atoms with Crippen molar-refractivity contribution in [2.45, 2.75) is 25.3 Å². The molecule has 180 valence electrons. The third-order valence-corrected chi connectivity index (χ3v) is 7.16. The van der Waals surface area contributed by atoms with Gasteiger partial charge in [-0.1, -0.05) is 28.1 Å². The number of nitrogens with zero attached hydrogens (tertiary/aromatic N) is 4. The van der Waals surface area contributed by atoms with Crippen LogP contribution in [0, 0.1) is 13.8 Å². The number of rotatable bonds is 7. The number of nitrogens with one attached hydrogen (secondary N) is 3. The van der Waals surface area contributed by atoms with Crippen molar-refractivity contribution in [3.8, 4) is 0 Å². The van der Waals surface area contributed by atoms with E-state index in [1.165, 1.54) is 24.5 Å². The molecule has 0 amide bonds. The second-order valence-electron chi connectivity index (χ2n) is 7.61. The Kier molecular flexibility index (Phi) is 7.43. The van der Waals surface area contributed by atoms with Gasteiger partial charge in [0, 0.05) is 22.6 Å². The second kappa shape index (κ2) is 10.5. The standard InChI is InChI=1S/C23H22BrN7O2S2/c1-15-21(16(2)31(29-15)14-17-4-6-18(24)7-5-17)28-23(34)27-19-8-10-20(11-9-19)35(32,33)30-22-25-12-3-13-26-22/h3-13H,14H2,1-2H3,(H,25,26,30)(H2,27,28,34). The van der Waals surface area contributed by atoms with Crippen LogP contribution in [0.1, 0.15) is 17.0 Å². The molecular weight excluding hydrogens is 550 g/mol. The number of aryl methyl sites for hydroxylation is 1. The average molecular weight is 573 g/mol. The molecule has 0 aliphatic heterocycles. The van der Waals surface area contributed by atoms with Gasteiger partial charge in [0.15, 0.2) is 5.11 Å². The number of hydrogen-bond donors (Lipinski definition) is 3. The summed E-state index contributed by atoms with van der Waals surface area (Å²) in [5, 5.41) is 11.3. The van der Waals surface area contributed by atoms with Gasteiger partial charge >= 0.3 is 0 Å². The third kappa shape index (κ3) is 6.21. The molecule has 35 heavy (non-hydrogen) atoms. The van der Waals surface area contributed by atoms with E-state index in [4.69, 9.17) is 12.2 Å². The van der Waals surface area contributed by atoms with Crippen molar-refractivity contribution >= 4 is 60.6 Å². The number of thiocarbonyl (C=S) groups is 1. The summed E-state index contributed by atoms with van der Waals surface area (Å²) >= 11 is 8.92. The van der Waals surface area contributed by atoms with Crippen molar-refractivity contribution in [2.24, 2.45) is 0 Å². The molecule has 4 aromatic rings. The number of halogens is 1. The van der Waals surface area contributed by atoms with Gasteiger partial charge in [-0.05, 0) is 74.1 Å². The van der Waals surface area contributed by atoms with Crippen LogP contribution in [-0.4, -0.2) is 33.3 Å². The SMILES string of the molecule is Cc1nn(Cc2ccc(Br)cc2)c(C)c1NC(=S)Nc1ccc(S(=O)(=O)Nc2ncccn2)cc1. The zero-order valence-corrected chi connectivity index (χ0v) is 22.1. The highest BCUT2D eigenvalue weighted by atomic mass is 79.9. The lowest BCUT2D eigenvalue weighted by atomic mass is 10.2. The third-order valence-electron chi connectivity index (χ3n) is 5.08. The van der Waals surface area contributed by atoms with Gasteiger partial charge < -0.3 is 10.6 Å². The lowest BCUT2D eigenvalue weighted by Gasteiger charge is -2.12. The largest absolute Gasteiger partial charge is 0.332 e.